The minimum absolute atomic E-state index is 0. The standard InChI is InChI=1S/C12H14N4O.2ClH/c17-12-10-2-1-5-14-11(10)15-8-16(12)9-3-6-13-7-4-9;;/h1-2,5,8-9,13H,3-4,6-7H2;2*1H. The zero-order valence-electron chi connectivity index (χ0n) is 10.3. The fraction of sp³-hybridized carbons (Fsp3) is 0.417. The van der Waals surface area contributed by atoms with E-state index in [-0.39, 0.29) is 36.4 Å². The summed E-state index contributed by atoms with van der Waals surface area (Å²) in [7, 11) is 0. The molecule has 19 heavy (non-hydrogen) atoms. The van der Waals surface area contributed by atoms with Gasteiger partial charge in [-0.3, -0.25) is 9.36 Å². The number of nitrogens with zero attached hydrogens (tertiary/aromatic N) is 3. The molecule has 0 radical (unpaired) electrons. The first-order valence-electron chi connectivity index (χ1n) is 5.89. The number of halogens is 2. The summed E-state index contributed by atoms with van der Waals surface area (Å²) >= 11 is 0. The van der Waals surface area contributed by atoms with Crippen LogP contribution in [0.25, 0.3) is 11.0 Å². The topological polar surface area (TPSA) is 59.8 Å². The van der Waals surface area contributed by atoms with Gasteiger partial charge < -0.3 is 5.32 Å². The second-order valence-electron chi connectivity index (χ2n) is 4.31. The lowest BCUT2D eigenvalue weighted by atomic mass is 10.1. The highest BCUT2D eigenvalue weighted by Gasteiger charge is 2.17. The maximum Gasteiger partial charge on any atom is 0.263 e. The van der Waals surface area contributed by atoms with E-state index in [2.05, 4.69) is 15.3 Å². The van der Waals surface area contributed by atoms with Crippen molar-refractivity contribution in [1.82, 2.24) is 19.9 Å². The van der Waals surface area contributed by atoms with Gasteiger partial charge >= 0.3 is 0 Å². The molecule has 0 spiro atoms. The molecule has 0 bridgehead atoms. The molecule has 2 aromatic heterocycles. The Morgan fingerprint density at radius 1 is 1.21 bits per heavy atom. The zero-order valence-corrected chi connectivity index (χ0v) is 11.9. The monoisotopic (exact) mass is 302 g/mol. The first-order chi connectivity index (χ1) is 8.36. The summed E-state index contributed by atoms with van der Waals surface area (Å²) in [6.45, 7) is 1.92. The van der Waals surface area contributed by atoms with E-state index in [1.807, 2.05) is 0 Å². The highest BCUT2D eigenvalue weighted by molar-refractivity contribution is 5.85. The highest BCUT2D eigenvalue weighted by Crippen LogP contribution is 2.16. The van der Waals surface area contributed by atoms with Crippen LogP contribution < -0.4 is 10.9 Å². The number of pyridine rings is 1. The first-order valence-corrected chi connectivity index (χ1v) is 5.89. The van der Waals surface area contributed by atoms with E-state index in [1.165, 1.54) is 0 Å². The molecule has 7 heteroatoms. The van der Waals surface area contributed by atoms with Crippen molar-refractivity contribution in [3.05, 3.63) is 35.0 Å². The van der Waals surface area contributed by atoms with Crippen molar-refractivity contribution in [2.24, 2.45) is 0 Å². The molecule has 1 fully saturated rings. The summed E-state index contributed by atoms with van der Waals surface area (Å²) in [6.07, 6.45) is 5.25. The highest BCUT2D eigenvalue weighted by atomic mass is 35.5. The molecule has 0 atom stereocenters. The van der Waals surface area contributed by atoms with Gasteiger partial charge in [-0.25, -0.2) is 9.97 Å². The molecule has 0 aliphatic carbocycles. The summed E-state index contributed by atoms with van der Waals surface area (Å²) in [5.41, 5.74) is 0.553. The normalized spacial score (nSPS) is 15.6. The molecule has 3 rings (SSSR count). The van der Waals surface area contributed by atoms with Crippen LogP contribution in [0.4, 0.5) is 0 Å². The second-order valence-corrected chi connectivity index (χ2v) is 4.31. The average Bonchev–Trinajstić information content (AvgIpc) is 2.40. The van der Waals surface area contributed by atoms with Crippen molar-refractivity contribution >= 4 is 35.8 Å². The van der Waals surface area contributed by atoms with E-state index in [4.69, 9.17) is 0 Å². The largest absolute Gasteiger partial charge is 0.317 e. The fourth-order valence-corrected chi connectivity index (χ4v) is 2.32. The first kappa shape index (κ1) is 15.9. The number of hydrogen-bond acceptors (Lipinski definition) is 4. The van der Waals surface area contributed by atoms with E-state index in [0.29, 0.717) is 11.0 Å². The third kappa shape index (κ3) is 3.05. The molecule has 2 aromatic rings. The van der Waals surface area contributed by atoms with Crippen molar-refractivity contribution in [1.29, 1.82) is 0 Å². The molecule has 1 aliphatic rings. The third-order valence-electron chi connectivity index (χ3n) is 3.26. The quantitative estimate of drug-likeness (QED) is 0.868. The fourth-order valence-electron chi connectivity index (χ4n) is 2.32. The number of aromatic nitrogens is 3. The zero-order chi connectivity index (χ0) is 11.7. The SMILES string of the molecule is Cl.Cl.O=c1c2cccnc2ncn1C1CCNCC1. The second kappa shape index (κ2) is 6.84. The van der Waals surface area contributed by atoms with Gasteiger partial charge in [-0.2, -0.15) is 0 Å². The Morgan fingerprint density at radius 3 is 2.68 bits per heavy atom. The molecule has 5 nitrogen and oxygen atoms in total. The molecule has 0 amide bonds. The molecule has 104 valence electrons. The lowest BCUT2D eigenvalue weighted by Gasteiger charge is -2.24. The van der Waals surface area contributed by atoms with Crippen LogP contribution in [0, 0.1) is 0 Å². The van der Waals surface area contributed by atoms with Gasteiger partial charge in [0.2, 0.25) is 0 Å². The number of fused-ring (bicyclic) bond motifs is 1. The van der Waals surface area contributed by atoms with Gasteiger partial charge in [0.1, 0.15) is 6.33 Å². The summed E-state index contributed by atoms with van der Waals surface area (Å²) < 4.78 is 1.75. The Hall–Kier alpha value is -1.17. The van der Waals surface area contributed by atoms with Crippen LogP contribution in [0.3, 0.4) is 0 Å². The summed E-state index contributed by atoms with van der Waals surface area (Å²) in [6, 6.07) is 3.83. The molecule has 3 heterocycles. The minimum atomic E-state index is 0. The predicted molar refractivity (Wildman–Crippen MR) is 79.4 cm³/mol. The lowest BCUT2D eigenvalue weighted by Crippen LogP contribution is -2.34. The number of nitrogens with one attached hydrogen (secondary N) is 1. The molecule has 0 saturated carbocycles. The van der Waals surface area contributed by atoms with Gasteiger partial charge in [0.25, 0.3) is 5.56 Å². The minimum Gasteiger partial charge on any atom is -0.317 e. The number of piperidine rings is 1. The molecular formula is C12H16Cl2N4O. The van der Waals surface area contributed by atoms with Crippen LogP contribution in [-0.4, -0.2) is 27.6 Å². The average molecular weight is 303 g/mol. The van der Waals surface area contributed by atoms with E-state index in [9.17, 15) is 4.79 Å². The summed E-state index contributed by atoms with van der Waals surface area (Å²) in [5.74, 6) is 0. The Morgan fingerprint density at radius 2 is 1.95 bits per heavy atom. The molecule has 1 N–H and O–H groups in total. The van der Waals surface area contributed by atoms with Crippen LogP contribution in [-0.2, 0) is 0 Å². The van der Waals surface area contributed by atoms with E-state index in [1.54, 1.807) is 29.2 Å². The van der Waals surface area contributed by atoms with Crippen LogP contribution in [0.2, 0.25) is 0 Å². The van der Waals surface area contributed by atoms with Crippen LogP contribution in [0.5, 0.6) is 0 Å². The van der Waals surface area contributed by atoms with Gasteiger partial charge in [0, 0.05) is 12.2 Å². The number of hydrogen-bond donors (Lipinski definition) is 1. The van der Waals surface area contributed by atoms with Crippen LogP contribution >= 0.6 is 24.8 Å². The Labute approximate surface area is 123 Å². The van der Waals surface area contributed by atoms with Crippen LogP contribution in [0.15, 0.2) is 29.5 Å². The smallest absolute Gasteiger partial charge is 0.263 e. The van der Waals surface area contributed by atoms with Crippen molar-refractivity contribution in [3.8, 4) is 0 Å². The van der Waals surface area contributed by atoms with Gasteiger partial charge in [0.05, 0.1) is 5.39 Å². The van der Waals surface area contributed by atoms with Crippen molar-refractivity contribution in [2.75, 3.05) is 13.1 Å². The molecule has 0 aromatic carbocycles. The van der Waals surface area contributed by atoms with Gasteiger partial charge in [-0.15, -0.1) is 24.8 Å². The van der Waals surface area contributed by atoms with Crippen molar-refractivity contribution < 1.29 is 0 Å². The van der Waals surface area contributed by atoms with Gasteiger partial charge in [0.15, 0.2) is 5.65 Å². The van der Waals surface area contributed by atoms with E-state index < -0.39 is 0 Å². The predicted octanol–water partition coefficient (Wildman–Crippen LogP) is 1.56. The van der Waals surface area contributed by atoms with Crippen LogP contribution in [0.1, 0.15) is 18.9 Å². The third-order valence-corrected chi connectivity index (χ3v) is 3.26. The lowest BCUT2D eigenvalue weighted by molar-refractivity contribution is 0.359. The van der Waals surface area contributed by atoms with E-state index in [0.717, 1.165) is 25.9 Å². The van der Waals surface area contributed by atoms with Gasteiger partial charge in [-0.05, 0) is 38.1 Å². The molecule has 1 saturated heterocycles. The maximum atomic E-state index is 12.3. The summed E-state index contributed by atoms with van der Waals surface area (Å²) in [5, 5.41) is 3.90. The van der Waals surface area contributed by atoms with Crippen molar-refractivity contribution in [2.45, 2.75) is 18.9 Å². The van der Waals surface area contributed by atoms with Gasteiger partial charge in [-0.1, -0.05) is 0 Å². The molecule has 1 aliphatic heterocycles. The molecule has 0 unspecified atom stereocenters. The summed E-state index contributed by atoms with van der Waals surface area (Å²) in [4.78, 5) is 20.6. The Kier molecular flexibility index (Phi) is 5.72. The molecular weight excluding hydrogens is 287 g/mol. The maximum absolute atomic E-state index is 12.3. The Bertz CT molecular complexity index is 596. The number of rotatable bonds is 1. The Balaban J connectivity index is 0.000000902. The van der Waals surface area contributed by atoms with E-state index >= 15 is 0 Å². The van der Waals surface area contributed by atoms with Crippen molar-refractivity contribution in [3.63, 3.8) is 0 Å².